The molecule has 3 heteroatoms. The fourth-order valence-corrected chi connectivity index (χ4v) is 3.57. The Labute approximate surface area is 95.8 Å². The van der Waals surface area contributed by atoms with E-state index in [1.165, 1.54) is 41.9 Å². The summed E-state index contributed by atoms with van der Waals surface area (Å²) in [5.41, 5.74) is 3.01. The molecule has 0 spiro atoms. The molecule has 1 aromatic heterocycles. The largest absolute Gasteiger partial charge is 0.271 e. The molecule has 0 bridgehead atoms. The van der Waals surface area contributed by atoms with E-state index >= 15 is 0 Å². The van der Waals surface area contributed by atoms with Gasteiger partial charge in [-0.25, -0.2) is 0 Å². The van der Waals surface area contributed by atoms with Crippen molar-refractivity contribution in [3.05, 3.63) is 21.9 Å². The molecule has 1 saturated carbocycles. The van der Waals surface area contributed by atoms with Crippen molar-refractivity contribution in [2.75, 3.05) is 0 Å². The van der Waals surface area contributed by atoms with Gasteiger partial charge in [0.25, 0.3) is 0 Å². The average Bonchev–Trinajstić information content (AvgIpc) is 2.68. The van der Waals surface area contributed by atoms with Gasteiger partial charge in [-0.3, -0.25) is 11.3 Å². The van der Waals surface area contributed by atoms with Crippen LogP contribution in [0.4, 0.5) is 0 Å². The molecule has 2 rings (SSSR count). The first kappa shape index (κ1) is 11.1. The van der Waals surface area contributed by atoms with Crippen LogP contribution in [0.3, 0.4) is 0 Å². The van der Waals surface area contributed by atoms with Crippen molar-refractivity contribution < 1.29 is 0 Å². The van der Waals surface area contributed by atoms with E-state index in [2.05, 4.69) is 24.5 Å². The molecule has 1 fully saturated rings. The summed E-state index contributed by atoms with van der Waals surface area (Å²) < 4.78 is 0. The molecule has 2 nitrogen and oxygen atoms in total. The molecule has 84 valence electrons. The van der Waals surface area contributed by atoms with Gasteiger partial charge in [0.1, 0.15) is 0 Å². The highest BCUT2D eigenvalue weighted by atomic mass is 32.1. The summed E-state index contributed by atoms with van der Waals surface area (Å²) in [6.45, 7) is 2.16. The molecule has 1 aliphatic rings. The van der Waals surface area contributed by atoms with Crippen molar-refractivity contribution in [3.63, 3.8) is 0 Å². The standard InChI is InChI=1S/C12H20N2S/c1-9-7-8-11(15-9)12(14-13)10-5-3-2-4-6-10/h7-8,10,12,14H,2-6,13H2,1H3. The lowest BCUT2D eigenvalue weighted by atomic mass is 9.83. The van der Waals surface area contributed by atoms with Crippen LogP contribution < -0.4 is 11.3 Å². The summed E-state index contributed by atoms with van der Waals surface area (Å²) in [5.74, 6) is 6.44. The van der Waals surface area contributed by atoms with Gasteiger partial charge in [-0.15, -0.1) is 11.3 Å². The zero-order valence-electron chi connectivity index (χ0n) is 9.33. The van der Waals surface area contributed by atoms with Gasteiger partial charge in [0, 0.05) is 9.75 Å². The minimum atomic E-state index is 0.379. The van der Waals surface area contributed by atoms with Gasteiger partial charge in [0.05, 0.1) is 6.04 Å². The molecule has 15 heavy (non-hydrogen) atoms. The number of hydrogen-bond acceptors (Lipinski definition) is 3. The number of hydrogen-bond donors (Lipinski definition) is 2. The fourth-order valence-electron chi connectivity index (χ4n) is 2.54. The molecular weight excluding hydrogens is 204 g/mol. The van der Waals surface area contributed by atoms with E-state index in [1.54, 1.807) is 0 Å². The van der Waals surface area contributed by atoms with Crippen LogP contribution in [0.25, 0.3) is 0 Å². The van der Waals surface area contributed by atoms with Crippen LogP contribution in [-0.4, -0.2) is 0 Å². The smallest absolute Gasteiger partial charge is 0.0581 e. The molecule has 1 aromatic rings. The van der Waals surface area contributed by atoms with Crippen molar-refractivity contribution in [1.82, 2.24) is 5.43 Å². The highest BCUT2D eigenvalue weighted by molar-refractivity contribution is 7.12. The van der Waals surface area contributed by atoms with E-state index in [4.69, 9.17) is 5.84 Å². The van der Waals surface area contributed by atoms with E-state index in [9.17, 15) is 0 Å². The lowest BCUT2D eigenvalue weighted by Gasteiger charge is -2.29. The summed E-state index contributed by atoms with van der Waals surface area (Å²) in [5, 5.41) is 0. The summed E-state index contributed by atoms with van der Waals surface area (Å²) >= 11 is 1.87. The Morgan fingerprint density at radius 3 is 2.60 bits per heavy atom. The highest BCUT2D eigenvalue weighted by Crippen LogP contribution is 2.36. The van der Waals surface area contributed by atoms with Gasteiger partial charge in [-0.2, -0.15) is 0 Å². The van der Waals surface area contributed by atoms with Crippen LogP contribution in [0.15, 0.2) is 12.1 Å². The zero-order valence-corrected chi connectivity index (χ0v) is 10.1. The lowest BCUT2D eigenvalue weighted by Crippen LogP contribution is -2.33. The van der Waals surface area contributed by atoms with E-state index in [0.29, 0.717) is 6.04 Å². The molecule has 3 N–H and O–H groups in total. The second-order valence-corrected chi connectivity index (χ2v) is 5.81. The third kappa shape index (κ3) is 2.60. The molecule has 1 heterocycles. The fraction of sp³-hybridized carbons (Fsp3) is 0.667. The minimum absolute atomic E-state index is 0.379. The van der Waals surface area contributed by atoms with Crippen LogP contribution in [0.1, 0.15) is 47.9 Å². The minimum Gasteiger partial charge on any atom is -0.271 e. The van der Waals surface area contributed by atoms with Crippen molar-refractivity contribution >= 4 is 11.3 Å². The van der Waals surface area contributed by atoms with Gasteiger partial charge >= 0.3 is 0 Å². The van der Waals surface area contributed by atoms with Crippen molar-refractivity contribution in [2.24, 2.45) is 11.8 Å². The number of hydrazine groups is 1. The molecule has 1 unspecified atom stereocenters. The first-order chi connectivity index (χ1) is 7.31. The summed E-state index contributed by atoms with van der Waals surface area (Å²) in [6.07, 6.45) is 6.79. The maximum atomic E-state index is 5.70. The van der Waals surface area contributed by atoms with E-state index in [0.717, 1.165) is 5.92 Å². The number of thiophene rings is 1. The van der Waals surface area contributed by atoms with Crippen LogP contribution in [-0.2, 0) is 0 Å². The van der Waals surface area contributed by atoms with Crippen molar-refractivity contribution in [1.29, 1.82) is 0 Å². The maximum absolute atomic E-state index is 5.70. The number of nitrogens with one attached hydrogen (secondary N) is 1. The van der Waals surface area contributed by atoms with Gasteiger partial charge in [0.15, 0.2) is 0 Å². The third-order valence-corrected chi connectivity index (χ3v) is 4.45. The highest BCUT2D eigenvalue weighted by Gasteiger charge is 2.24. The molecule has 0 aliphatic heterocycles. The number of aryl methyl sites for hydroxylation is 1. The SMILES string of the molecule is Cc1ccc(C(NN)C2CCCCC2)s1. The number of nitrogens with two attached hydrogens (primary N) is 1. The first-order valence-corrected chi connectivity index (χ1v) is 6.65. The lowest BCUT2D eigenvalue weighted by molar-refractivity contribution is 0.276. The molecule has 1 atom stereocenters. The Morgan fingerprint density at radius 2 is 2.07 bits per heavy atom. The van der Waals surface area contributed by atoms with E-state index in [1.807, 2.05) is 11.3 Å². The predicted molar refractivity (Wildman–Crippen MR) is 65.7 cm³/mol. The Bertz CT molecular complexity index is 302. The predicted octanol–water partition coefficient (Wildman–Crippen LogP) is 3.14. The molecule has 0 radical (unpaired) electrons. The molecular formula is C12H20N2S. The molecule has 0 saturated heterocycles. The third-order valence-electron chi connectivity index (χ3n) is 3.37. The quantitative estimate of drug-likeness (QED) is 0.611. The Morgan fingerprint density at radius 1 is 1.33 bits per heavy atom. The normalized spacial score (nSPS) is 20.4. The van der Waals surface area contributed by atoms with Gasteiger partial charge in [0.2, 0.25) is 0 Å². The van der Waals surface area contributed by atoms with Crippen molar-refractivity contribution in [3.8, 4) is 0 Å². The Hall–Kier alpha value is -0.380. The maximum Gasteiger partial charge on any atom is 0.0581 e. The molecule has 0 aromatic carbocycles. The van der Waals surface area contributed by atoms with Crippen molar-refractivity contribution in [2.45, 2.75) is 45.1 Å². The summed E-state index contributed by atoms with van der Waals surface area (Å²) in [7, 11) is 0. The second kappa shape index (κ2) is 5.10. The average molecular weight is 224 g/mol. The summed E-state index contributed by atoms with van der Waals surface area (Å²) in [6, 6.07) is 4.79. The van der Waals surface area contributed by atoms with Gasteiger partial charge < -0.3 is 0 Å². The zero-order chi connectivity index (χ0) is 10.7. The Balaban J connectivity index is 2.08. The van der Waals surface area contributed by atoms with Crippen LogP contribution in [0, 0.1) is 12.8 Å². The number of rotatable bonds is 3. The van der Waals surface area contributed by atoms with Crippen LogP contribution >= 0.6 is 11.3 Å². The Kier molecular flexibility index (Phi) is 3.78. The van der Waals surface area contributed by atoms with Crippen LogP contribution in [0.2, 0.25) is 0 Å². The molecule has 0 amide bonds. The monoisotopic (exact) mass is 224 g/mol. The first-order valence-electron chi connectivity index (χ1n) is 5.83. The van der Waals surface area contributed by atoms with E-state index < -0.39 is 0 Å². The second-order valence-electron chi connectivity index (χ2n) is 4.49. The van der Waals surface area contributed by atoms with Gasteiger partial charge in [-0.1, -0.05) is 19.3 Å². The topological polar surface area (TPSA) is 38.0 Å². The summed E-state index contributed by atoms with van der Waals surface area (Å²) in [4.78, 5) is 2.78. The molecule has 1 aliphatic carbocycles. The van der Waals surface area contributed by atoms with Gasteiger partial charge in [-0.05, 0) is 37.8 Å². The van der Waals surface area contributed by atoms with E-state index in [-0.39, 0.29) is 0 Å². The van der Waals surface area contributed by atoms with Crippen LogP contribution in [0.5, 0.6) is 0 Å².